The van der Waals surface area contributed by atoms with Gasteiger partial charge >= 0.3 is 0 Å². The summed E-state index contributed by atoms with van der Waals surface area (Å²) in [5, 5.41) is 3.98. The molecular formula is C12H9BrN2O2. The van der Waals surface area contributed by atoms with Gasteiger partial charge in [-0.05, 0) is 21.5 Å². The Labute approximate surface area is 106 Å². The van der Waals surface area contributed by atoms with Crippen molar-refractivity contribution in [1.29, 1.82) is 0 Å². The summed E-state index contributed by atoms with van der Waals surface area (Å²) in [6.45, 7) is 0.355. The zero-order chi connectivity index (χ0) is 12.3. The van der Waals surface area contributed by atoms with Gasteiger partial charge in [0.15, 0.2) is 6.29 Å². The third-order valence-corrected chi connectivity index (χ3v) is 2.96. The van der Waals surface area contributed by atoms with Crippen LogP contribution in [-0.4, -0.2) is 16.1 Å². The third kappa shape index (κ3) is 2.50. The Morgan fingerprint density at radius 2 is 2.00 bits per heavy atom. The van der Waals surface area contributed by atoms with E-state index in [0.29, 0.717) is 17.3 Å². The Hall–Kier alpha value is -1.75. The fraction of sp³-hybridized carbons (Fsp3) is 0.0833. The van der Waals surface area contributed by atoms with Crippen LogP contribution in [0.4, 0.5) is 0 Å². The van der Waals surface area contributed by atoms with Crippen molar-refractivity contribution in [2.45, 2.75) is 6.54 Å². The largest absolute Gasteiger partial charge is 0.298 e. The molecule has 0 atom stereocenters. The minimum Gasteiger partial charge on any atom is -0.298 e. The molecule has 0 radical (unpaired) electrons. The molecule has 0 fully saturated rings. The number of rotatable bonds is 3. The zero-order valence-electron chi connectivity index (χ0n) is 8.84. The van der Waals surface area contributed by atoms with Crippen LogP contribution in [0, 0.1) is 0 Å². The van der Waals surface area contributed by atoms with Crippen molar-refractivity contribution in [3.8, 4) is 0 Å². The highest BCUT2D eigenvalue weighted by Gasteiger charge is 2.08. The van der Waals surface area contributed by atoms with Gasteiger partial charge in [0.1, 0.15) is 0 Å². The SMILES string of the molecule is O=Cc1c(Br)cnn(Cc2ccccc2)c1=O. The highest BCUT2D eigenvalue weighted by atomic mass is 79.9. The van der Waals surface area contributed by atoms with Gasteiger partial charge in [0, 0.05) is 0 Å². The number of aromatic nitrogens is 2. The average molecular weight is 293 g/mol. The molecule has 0 saturated heterocycles. The van der Waals surface area contributed by atoms with Crippen molar-refractivity contribution >= 4 is 22.2 Å². The molecule has 0 aliphatic heterocycles. The van der Waals surface area contributed by atoms with Crippen LogP contribution in [-0.2, 0) is 6.54 Å². The quantitative estimate of drug-likeness (QED) is 0.812. The summed E-state index contributed by atoms with van der Waals surface area (Å²) in [5.74, 6) is 0. The lowest BCUT2D eigenvalue weighted by Crippen LogP contribution is -2.26. The maximum Gasteiger partial charge on any atom is 0.278 e. The second kappa shape index (κ2) is 5.05. The van der Waals surface area contributed by atoms with E-state index in [4.69, 9.17) is 0 Å². The first-order valence-corrected chi connectivity index (χ1v) is 5.76. The van der Waals surface area contributed by atoms with Crippen LogP contribution < -0.4 is 5.56 Å². The lowest BCUT2D eigenvalue weighted by Gasteiger charge is -2.05. The van der Waals surface area contributed by atoms with Gasteiger partial charge in [-0.2, -0.15) is 5.10 Å². The summed E-state index contributed by atoms with van der Waals surface area (Å²) in [6.07, 6.45) is 1.99. The second-order valence-corrected chi connectivity index (χ2v) is 4.33. The first kappa shape index (κ1) is 11.7. The topological polar surface area (TPSA) is 52.0 Å². The third-order valence-electron chi connectivity index (χ3n) is 2.33. The molecule has 2 rings (SSSR count). The molecule has 86 valence electrons. The summed E-state index contributed by atoms with van der Waals surface area (Å²) < 4.78 is 1.69. The highest BCUT2D eigenvalue weighted by Crippen LogP contribution is 2.09. The lowest BCUT2D eigenvalue weighted by atomic mass is 10.2. The first-order chi connectivity index (χ1) is 8.22. The molecular weight excluding hydrogens is 284 g/mol. The Morgan fingerprint density at radius 1 is 1.29 bits per heavy atom. The van der Waals surface area contributed by atoms with Gasteiger partial charge < -0.3 is 0 Å². The standard InChI is InChI=1S/C12H9BrN2O2/c13-11-6-14-15(12(17)10(11)8-16)7-9-4-2-1-3-5-9/h1-6,8H,7H2. The van der Waals surface area contributed by atoms with Crippen molar-refractivity contribution in [1.82, 2.24) is 9.78 Å². The van der Waals surface area contributed by atoms with Crippen molar-refractivity contribution in [3.63, 3.8) is 0 Å². The van der Waals surface area contributed by atoms with Crippen LogP contribution >= 0.6 is 15.9 Å². The van der Waals surface area contributed by atoms with E-state index in [1.54, 1.807) is 0 Å². The Kier molecular flexibility index (Phi) is 3.49. The fourth-order valence-corrected chi connectivity index (χ4v) is 1.81. The predicted molar refractivity (Wildman–Crippen MR) is 67.1 cm³/mol. The maximum absolute atomic E-state index is 11.9. The number of nitrogens with zero attached hydrogens (tertiary/aromatic N) is 2. The number of halogens is 1. The van der Waals surface area contributed by atoms with E-state index in [-0.39, 0.29) is 5.56 Å². The fourth-order valence-electron chi connectivity index (χ4n) is 1.46. The van der Waals surface area contributed by atoms with E-state index < -0.39 is 5.56 Å². The summed E-state index contributed by atoms with van der Waals surface area (Å²) in [6, 6.07) is 9.48. The predicted octanol–water partition coefficient (Wildman–Crippen LogP) is 1.87. The normalized spacial score (nSPS) is 10.2. The number of hydrogen-bond acceptors (Lipinski definition) is 3. The van der Waals surface area contributed by atoms with E-state index >= 15 is 0 Å². The Balaban J connectivity index is 2.41. The maximum atomic E-state index is 11.9. The number of aldehydes is 1. The molecule has 0 aliphatic carbocycles. The summed E-state index contributed by atoms with van der Waals surface area (Å²) in [7, 11) is 0. The molecule has 2 aromatic rings. The van der Waals surface area contributed by atoms with Gasteiger partial charge in [0.2, 0.25) is 0 Å². The molecule has 0 unspecified atom stereocenters. The van der Waals surface area contributed by atoms with Gasteiger partial charge in [-0.1, -0.05) is 30.3 Å². The van der Waals surface area contributed by atoms with E-state index in [1.807, 2.05) is 30.3 Å². The Morgan fingerprint density at radius 3 is 2.65 bits per heavy atom. The van der Waals surface area contributed by atoms with Crippen molar-refractivity contribution in [3.05, 3.63) is 62.5 Å². The molecule has 0 saturated carbocycles. The van der Waals surface area contributed by atoms with Crippen LogP contribution in [0.25, 0.3) is 0 Å². The second-order valence-electron chi connectivity index (χ2n) is 3.47. The highest BCUT2D eigenvalue weighted by molar-refractivity contribution is 9.10. The molecule has 5 heteroatoms. The van der Waals surface area contributed by atoms with Crippen molar-refractivity contribution in [2.24, 2.45) is 0 Å². The molecule has 0 amide bonds. The molecule has 1 heterocycles. The summed E-state index contributed by atoms with van der Waals surface area (Å²) in [5.41, 5.74) is 0.662. The summed E-state index contributed by atoms with van der Waals surface area (Å²) in [4.78, 5) is 22.6. The van der Waals surface area contributed by atoms with Crippen LogP contribution in [0.2, 0.25) is 0 Å². The minimum absolute atomic E-state index is 0.0935. The molecule has 17 heavy (non-hydrogen) atoms. The van der Waals surface area contributed by atoms with Gasteiger partial charge in [-0.25, -0.2) is 4.68 Å². The van der Waals surface area contributed by atoms with Crippen LogP contribution in [0.3, 0.4) is 0 Å². The van der Waals surface area contributed by atoms with Crippen LogP contribution in [0.5, 0.6) is 0 Å². The smallest absolute Gasteiger partial charge is 0.278 e. The molecule has 4 nitrogen and oxygen atoms in total. The van der Waals surface area contributed by atoms with Gasteiger partial charge in [0.25, 0.3) is 5.56 Å². The molecule has 0 bridgehead atoms. The average Bonchev–Trinajstić information content (AvgIpc) is 2.35. The van der Waals surface area contributed by atoms with Gasteiger partial charge in [0.05, 0.1) is 22.8 Å². The number of carbonyl (C=O) groups excluding carboxylic acids is 1. The molecule has 0 spiro atoms. The van der Waals surface area contributed by atoms with Crippen LogP contribution in [0.1, 0.15) is 15.9 Å². The van der Waals surface area contributed by atoms with Crippen molar-refractivity contribution in [2.75, 3.05) is 0 Å². The Bertz CT molecular complexity index is 593. The first-order valence-electron chi connectivity index (χ1n) is 4.97. The van der Waals surface area contributed by atoms with E-state index in [0.717, 1.165) is 5.56 Å². The zero-order valence-corrected chi connectivity index (χ0v) is 10.4. The lowest BCUT2D eigenvalue weighted by molar-refractivity contribution is 0.112. The van der Waals surface area contributed by atoms with Gasteiger partial charge in [-0.3, -0.25) is 9.59 Å². The molecule has 1 aromatic carbocycles. The summed E-state index contributed by atoms with van der Waals surface area (Å²) >= 11 is 3.12. The van der Waals surface area contributed by atoms with Crippen LogP contribution in [0.15, 0.2) is 45.8 Å². The monoisotopic (exact) mass is 292 g/mol. The number of hydrogen-bond donors (Lipinski definition) is 0. The minimum atomic E-state index is -0.391. The number of benzene rings is 1. The molecule has 0 N–H and O–H groups in total. The van der Waals surface area contributed by atoms with E-state index in [1.165, 1.54) is 10.9 Å². The van der Waals surface area contributed by atoms with Crippen molar-refractivity contribution < 1.29 is 4.79 Å². The van der Waals surface area contributed by atoms with E-state index in [9.17, 15) is 9.59 Å². The van der Waals surface area contributed by atoms with Gasteiger partial charge in [-0.15, -0.1) is 0 Å². The number of carbonyl (C=O) groups is 1. The van der Waals surface area contributed by atoms with E-state index in [2.05, 4.69) is 21.0 Å². The molecule has 0 aliphatic rings. The molecule has 1 aromatic heterocycles.